The molecule has 2 fully saturated rings. The zero-order valence-electron chi connectivity index (χ0n) is 19.5. The normalized spacial score (nSPS) is 29.1. The van der Waals surface area contributed by atoms with Crippen LogP contribution in [0.25, 0.3) is 0 Å². The highest BCUT2D eigenvalue weighted by molar-refractivity contribution is 5.74. The number of esters is 1. The number of rotatable bonds is 5. The number of ether oxygens (including phenoxy) is 1. The minimum absolute atomic E-state index is 0.0985. The Hall–Kier alpha value is -0.530. The van der Waals surface area contributed by atoms with E-state index in [-0.39, 0.29) is 22.9 Å². The SMILES string of the molecule is CCCCC(C(=O)OC(C)(C)C)C12CCCCCCCCCCCCCC1C2. The van der Waals surface area contributed by atoms with Gasteiger partial charge >= 0.3 is 5.97 Å². The summed E-state index contributed by atoms with van der Waals surface area (Å²) >= 11 is 0. The molecule has 164 valence electrons. The first-order valence-corrected chi connectivity index (χ1v) is 12.6. The Balaban J connectivity index is 2.06. The van der Waals surface area contributed by atoms with Gasteiger partial charge < -0.3 is 4.74 Å². The fourth-order valence-electron chi connectivity index (χ4n) is 5.55. The van der Waals surface area contributed by atoms with Gasteiger partial charge in [-0.05, 0) is 57.8 Å². The summed E-state index contributed by atoms with van der Waals surface area (Å²) < 4.78 is 5.93. The van der Waals surface area contributed by atoms with Crippen LogP contribution in [-0.4, -0.2) is 11.6 Å². The molecule has 2 nitrogen and oxygen atoms in total. The number of carbonyl (C=O) groups excluding carboxylic acids is 1. The van der Waals surface area contributed by atoms with E-state index in [9.17, 15) is 4.79 Å². The molecule has 2 aliphatic carbocycles. The molecule has 0 saturated heterocycles. The maximum Gasteiger partial charge on any atom is 0.310 e. The van der Waals surface area contributed by atoms with Crippen LogP contribution in [0.1, 0.15) is 137 Å². The van der Waals surface area contributed by atoms with Crippen molar-refractivity contribution in [2.24, 2.45) is 17.3 Å². The molecule has 2 saturated carbocycles. The average Bonchev–Trinajstić information content (AvgIpc) is 3.30. The summed E-state index contributed by atoms with van der Waals surface area (Å²) in [6.07, 6.45) is 22.5. The lowest BCUT2D eigenvalue weighted by Crippen LogP contribution is -2.34. The molecule has 0 spiro atoms. The Morgan fingerprint density at radius 2 is 1.46 bits per heavy atom. The molecule has 0 aromatic heterocycles. The van der Waals surface area contributed by atoms with Gasteiger partial charge in [-0.2, -0.15) is 0 Å². The summed E-state index contributed by atoms with van der Waals surface area (Å²) in [5.41, 5.74) is -0.111. The lowest BCUT2D eigenvalue weighted by Gasteiger charge is -2.31. The third-order valence-electron chi connectivity index (χ3n) is 7.21. The van der Waals surface area contributed by atoms with E-state index < -0.39 is 0 Å². The maximum absolute atomic E-state index is 13.2. The summed E-state index contributed by atoms with van der Waals surface area (Å²) in [7, 11) is 0. The molecule has 3 atom stereocenters. The summed E-state index contributed by atoms with van der Waals surface area (Å²) in [5, 5.41) is 0. The van der Waals surface area contributed by atoms with Crippen molar-refractivity contribution in [2.45, 2.75) is 142 Å². The van der Waals surface area contributed by atoms with Crippen LogP contribution in [0.5, 0.6) is 0 Å². The highest BCUT2D eigenvalue weighted by Crippen LogP contribution is 2.64. The van der Waals surface area contributed by atoms with Crippen molar-refractivity contribution in [1.29, 1.82) is 0 Å². The first kappa shape index (κ1) is 23.7. The van der Waals surface area contributed by atoms with Gasteiger partial charge in [0.2, 0.25) is 0 Å². The van der Waals surface area contributed by atoms with Crippen molar-refractivity contribution >= 4 is 5.97 Å². The third kappa shape index (κ3) is 7.71. The van der Waals surface area contributed by atoms with Crippen LogP contribution >= 0.6 is 0 Å². The summed E-state index contributed by atoms with van der Waals surface area (Å²) in [6.45, 7) is 8.28. The second-order valence-electron chi connectivity index (χ2n) is 10.8. The van der Waals surface area contributed by atoms with E-state index in [1.807, 2.05) is 20.8 Å². The van der Waals surface area contributed by atoms with Crippen LogP contribution in [0.15, 0.2) is 0 Å². The molecule has 0 bridgehead atoms. The minimum Gasteiger partial charge on any atom is -0.460 e. The topological polar surface area (TPSA) is 26.3 Å². The first-order valence-electron chi connectivity index (χ1n) is 12.6. The Bertz CT molecular complexity index is 450. The molecule has 3 unspecified atom stereocenters. The Morgan fingerprint density at radius 3 is 2.00 bits per heavy atom. The highest BCUT2D eigenvalue weighted by Gasteiger charge is 2.59. The molecule has 0 heterocycles. The second kappa shape index (κ2) is 11.6. The van der Waals surface area contributed by atoms with Gasteiger partial charge in [-0.3, -0.25) is 4.79 Å². The number of unbranched alkanes of at least 4 members (excludes halogenated alkanes) is 1. The van der Waals surface area contributed by atoms with Gasteiger partial charge in [-0.1, -0.05) is 90.4 Å². The zero-order chi connectivity index (χ0) is 20.5. The van der Waals surface area contributed by atoms with Crippen LogP contribution in [0.4, 0.5) is 0 Å². The summed E-state index contributed by atoms with van der Waals surface area (Å²) in [6, 6.07) is 0. The molecular formula is C26H48O2. The fourth-order valence-corrected chi connectivity index (χ4v) is 5.55. The number of fused-ring (bicyclic) bond motifs is 1. The van der Waals surface area contributed by atoms with Gasteiger partial charge in [0, 0.05) is 0 Å². The zero-order valence-corrected chi connectivity index (χ0v) is 19.5. The van der Waals surface area contributed by atoms with Crippen molar-refractivity contribution in [3.8, 4) is 0 Å². The Kier molecular flexibility index (Phi) is 9.84. The fraction of sp³-hybridized carbons (Fsp3) is 0.962. The van der Waals surface area contributed by atoms with Gasteiger partial charge in [-0.25, -0.2) is 0 Å². The highest BCUT2D eigenvalue weighted by atomic mass is 16.6. The second-order valence-corrected chi connectivity index (χ2v) is 10.8. The van der Waals surface area contributed by atoms with E-state index in [0.29, 0.717) is 0 Å². The van der Waals surface area contributed by atoms with E-state index >= 15 is 0 Å². The number of hydrogen-bond acceptors (Lipinski definition) is 2. The lowest BCUT2D eigenvalue weighted by atomic mass is 9.78. The predicted molar refractivity (Wildman–Crippen MR) is 119 cm³/mol. The molecule has 2 rings (SSSR count). The molecule has 0 aliphatic heterocycles. The van der Waals surface area contributed by atoms with E-state index in [2.05, 4.69) is 6.92 Å². The number of carbonyl (C=O) groups is 1. The van der Waals surface area contributed by atoms with Crippen molar-refractivity contribution in [3.05, 3.63) is 0 Å². The van der Waals surface area contributed by atoms with E-state index in [1.54, 1.807) is 0 Å². The largest absolute Gasteiger partial charge is 0.460 e. The molecule has 0 aromatic rings. The van der Waals surface area contributed by atoms with Crippen LogP contribution in [0, 0.1) is 17.3 Å². The van der Waals surface area contributed by atoms with Crippen molar-refractivity contribution < 1.29 is 9.53 Å². The molecule has 0 amide bonds. The van der Waals surface area contributed by atoms with Crippen molar-refractivity contribution in [1.82, 2.24) is 0 Å². The van der Waals surface area contributed by atoms with Crippen LogP contribution in [0.2, 0.25) is 0 Å². The van der Waals surface area contributed by atoms with Gasteiger partial charge in [0.1, 0.15) is 5.60 Å². The van der Waals surface area contributed by atoms with Crippen molar-refractivity contribution in [3.63, 3.8) is 0 Å². The molecule has 2 heteroatoms. The van der Waals surface area contributed by atoms with Gasteiger partial charge in [0.25, 0.3) is 0 Å². The van der Waals surface area contributed by atoms with E-state index in [1.165, 1.54) is 96.3 Å². The van der Waals surface area contributed by atoms with Gasteiger partial charge in [-0.15, -0.1) is 0 Å². The summed E-state index contributed by atoms with van der Waals surface area (Å²) in [5.74, 6) is 1.00. The number of hydrogen-bond donors (Lipinski definition) is 0. The van der Waals surface area contributed by atoms with Crippen molar-refractivity contribution in [2.75, 3.05) is 0 Å². The standard InChI is InChI=1S/C26H48O2/c1-5-6-19-23(24(27)28-25(2,3)4)26-20-17-15-13-11-9-7-8-10-12-14-16-18-22(26)21-26/h22-23H,5-21H2,1-4H3. The van der Waals surface area contributed by atoms with Gasteiger partial charge in [0.05, 0.1) is 5.92 Å². The molecule has 28 heavy (non-hydrogen) atoms. The first-order chi connectivity index (χ1) is 13.4. The van der Waals surface area contributed by atoms with Crippen LogP contribution in [0.3, 0.4) is 0 Å². The van der Waals surface area contributed by atoms with Crippen LogP contribution in [-0.2, 0) is 9.53 Å². The Labute approximate surface area is 175 Å². The molecule has 2 aliphatic rings. The molecule has 0 aromatic carbocycles. The van der Waals surface area contributed by atoms with E-state index in [4.69, 9.17) is 4.74 Å². The van der Waals surface area contributed by atoms with Crippen LogP contribution < -0.4 is 0 Å². The average molecular weight is 393 g/mol. The third-order valence-corrected chi connectivity index (χ3v) is 7.21. The smallest absolute Gasteiger partial charge is 0.310 e. The predicted octanol–water partition coefficient (Wildman–Crippen LogP) is 8.23. The lowest BCUT2D eigenvalue weighted by molar-refractivity contribution is -0.163. The maximum atomic E-state index is 13.2. The van der Waals surface area contributed by atoms with Gasteiger partial charge in [0.15, 0.2) is 0 Å². The minimum atomic E-state index is -0.373. The quantitative estimate of drug-likeness (QED) is 0.440. The summed E-state index contributed by atoms with van der Waals surface area (Å²) in [4.78, 5) is 13.2. The molecular weight excluding hydrogens is 344 g/mol. The molecule has 0 N–H and O–H groups in total. The monoisotopic (exact) mass is 392 g/mol. The van der Waals surface area contributed by atoms with E-state index in [0.717, 1.165) is 18.8 Å². The molecule has 0 radical (unpaired) electrons. The Morgan fingerprint density at radius 1 is 0.929 bits per heavy atom.